The second-order valence-corrected chi connectivity index (χ2v) is 10.6. The van der Waals surface area contributed by atoms with Crippen molar-refractivity contribution >= 4 is 32.6 Å². The van der Waals surface area contributed by atoms with Crippen LogP contribution in [0.3, 0.4) is 0 Å². The van der Waals surface area contributed by atoms with Crippen LogP contribution in [0.4, 0.5) is 0 Å². The molecule has 0 spiro atoms. The third kappa shape index (κ3) is 4.60. The number of hydrogen-bond acceptors (Lipinski definition) is 3. The first-order chi connectivity index (χ1) is 29.5. The van der Waals surface area contributed by atoms with Crippen molar-refractivity contribution in [3.8, 4) is 56.2 Å². The van der Waals surface area contributed by atoms with E-state index in [4.69, 9.17) is 30.0 Å². The fourth-order valence-electron chi connectivity index (χ4n) is 5.99. The topological polar surface area (TPSA) is 38.9 Å². The Labute approximate surface area is 293 Å². The Morgan fingerprint density at radius 2 is 1.02 bits per heavy atom. The quantitative estimate of drug-likeness (QED) is 0.181. The molecule has 0 saturated heterocycles. The highest BCUT2D eigenvalue weighted by molar-refractivity contribution is 6.11. The Hall–Kier alpha value is -6.32. The number of aromatic nitrogens is 2. The first kappa shape index (κ1) is 15.8. The van der Waals surface area contributed by atoms with Crippen molar-refractivity contribution < 1.29 is 25.0 Å². The van der Waals surface area contributed by atoms with Gasteiger partial charge in [-0.1, -0.05) is 151 Å². The average Bonchev–Trinajstić information content (AvgIpc) is 3.65. The number of hydrogen-bond donors (Lipinski definition) is 0. The van der Waals surface area contributed by atoms with Gasteiger partial charge >= 0.3 is 0 Å². The zero-order valence-electron chi connectivity index (χ0n) is 39.3. The summed E-state index contributed by atoms with van der Waals surface area (Å²) in [5.41, 5.74) is 0.778. The lowest BCUT2D eigenvalue weighted by molar-refractivity contribution is 0.599. The van der Waals surface area contributed by atoms with Crippen LogP contribution in [0.15, 0.2) is 174 Å². The van der Waals surface area contributed by atoms with E-state index in [9.17, 15) is 0 Å². The zero-order chi connectivity index (χ0) is 44.2. The highest BCUT2D eigenvalue weighted by Crippen LogP contribution is 2.50. The summed E-state index contributed by atoms with van der Waals surface area (Å²) in [6, 6.07) is 10.8. The number of fused-ring (bicyclic) bond motifs is 4. The molecule has 3 heteroatoms. The van der Waals surface area contributed by atoms with Gasteiger partial charge in [-0.25, -0.2) is 4.98 Å². The van der Waals surface area contributed by atoms with Crippen LogP contribution in [0.2, 0.25) is 0 Å². The molecule has 9 aromatic rings. The van der Waals surface area contributed by atoms with Gasteiger partial charge in [-0.3, -0.25) is 4.98 Å². The minimum absolute atomic E-state index is 0.131. The number of benzene rings is 6. The van der Waals surface area contributed by atoms with E-state index >= 15 is 0 Å². The molecule has 220 valence electrons. The molecule has 0 N–H and O–H groups in total. The average molecular weight is 616 g/mol. The van der Waals surface area contributed by atoms with E-state index in [1.807, 2.05) is 42.5 Å². The van der Waals surface area contributed by atoms with E-state index in [1.165, 1.54) is 0 Å². The second-order valence-electron chi connectivity index (χ2n) is 10.6. The standard InChI is InChI=1S/C44H28N2O/c1-4-13-29(14-5-1)39-40(44(33-17-8-3-9-18-33)47-43(39)32-15-6-2-7-16-32)37-26-25-36(34-20-10-11-21-35(34)37)38-27-24-31-23-22-30-19-12-28-45-41(30)42(31)46-38/h1-28H/i1D,2D,3D,4D,5D,6D,7D,8D,9D,13D,14D,15D,16D,17D,18D. The van der Waals surface area contributed by atoms with E-state index in [2.05, 4.69) is 4.98 Å². The maximum absolute atomic E-state index is 9.16. The summed E-state index contributed by atoms with van der Waals surface area (Å²) in [4.78, 5) is 9.64. The molecular formula is C44H28N2O. The van der Waals surface area contributed by atoms with E-state index in [0.29, 0.717) is 33.1 Å². The number of nitrogens with zero attached hydrogens (tertiary/aromatic N) is 2. The Morgan fingerprint density at radius 3 is 1.70 bits per heavy atom. The molecule has 9 rings (SSSR count). The lowest BCUT2D eigenvalue weighted by Crippen LogP contribution is -1.92. The zero-order valence-corrected chi connectivity index (χ0v) is 24.3. The molecular weight excluding hydrogens is 572 g/mol. The van der Waals surface area contributed by atoms with Crippen molar-refractivity contribution in [3.63, 3.8) is 0 Å². The summed E-state index contributed by atoms with van der Waals surface area (Å²) in [5, 5.41) is 2.79. The van der Waals surface area contributed by atoms with Crippen LogP contribution >= 0.6 is 0 Å². The van der Waals surface area contributed by atoms with Gasteiger partial charge in [-0.15, -0.1) is 0 Å². The number of furan rings is 1. The summed E-state index contributed by atoms with van der Waals surface area (Å²) < 4.78 is 138. The summed E-state index contributed by atoms with van der Waals surface area (Å²) in [6.07, 6.45) is 1.68. The van der Waals surface area contributed by atoms with Gasteiger partial charge in [0.15, 0.2) is 0 Å². The largest absolute Gasteiger partial charge is 0.455 e. The molecule has 0 radical (unpaired) electrons. The van der Waals surface area contributed by atoms with Gasteiger partial charge in [0.05, 0.1) is 37.3 Å². The molecule has 0 aliphatic carbocycles. The Balaban J connectivity index is 1.48. The van der Waals surface area contributed by atoms with Crippen molar-refractivity contribution in [1.82, 2.24) is 9.97 Å². The monoisotopic (exact) mass is 615 g/mol. The normalized spacial score (nSPS) is 15.9. The van der Waals surface area contributed by atoms with Crippen molar-refractivity contribution in [2.24, 2.45) is 0 Å². The predicted molar refractivity (Wildman–Crippen MR) is 194 cm³/mol. The van der Waals surface area contributed by atoms with Crippen LogP contribution in [0.5, 0.6) is 0 Å². The van der Waals surface area contributed by atoms with Gasteiger partial charge in [0, 0.05) is 44.8 Å². The van der Waals surface area contributed by atoms with Crippen LogP contribution in [0, 0.1) is 0 Å². The molecule has 3 aromatic heterocycles. The molecule has 0 fully saturated rings. The van der Waals surface area contributed by atoms with Gasteiger partial charge in [0.25, 0.3) is 0 Å². The van der Waals surface area contributed by atoms with Crippen LogP contribution in [0.1, 0.15) is 20.6 Å². The van der Waals surface area contributed by atoms with Crippen molar-refractivity contribution in [2.45, 2.75) is 0 Å². The predicted octanol–water partition coefficient (Wildman–Crippen LogP) is 11.9. The summed E-state index contributed by atoms with van der Waals surface area (Å²) >= 11 is 0. The fourth-order valence-corrected chi connectivity index (χ4v) is 5.99. The fraction of sp³-hybridized carbons (Fsp3) is 0. The van der Waals surface area contributed by atoms with E-state index in [-0.39, 0.29) is 16.7 Å². The molecule has 3 heterocycles. The second kappa shape index (κ2) is 11.2. The Morgan fingerprint density at radius 1 is 0.468 bits per heavy atom. The minimum Gasteiger partial charge on any atom is -0.455 e. The smallest absolute Gasteiger partial charge is 0.143 e. The van der Waals surface area contributed by atoms with Crippen molar-refractivity contribution in [3.05, 3.63) is 170 Å². The lowest BCUT2D eigenvalue weighted by atomic mass is 9.87. The first-order valence-corrected chi connectivity index (χ1v) is 14.6. The van der Waals surface area contributed by atoms with Crippen LogP contribution < -0.4 is 0 Å². The Bertz CT molecular complexity index is 3350. The maximum Gasteiger partial charge on any atom is 0.143 e. The molecule has 0 aliphatic heterocycles. The van der Waals surface area contributed by atoms with Crippen molar-refractivity contribution in [2.75, 3.05) is 0 Å². The molecule has 6 aromatic carbocycles. The van der Waals surface area contributed by atoms with E-state index in [0.717, 1.165) is 10.8 Å². The van der Waals surface area contributed by atoms with Gasteiger partial charge < -0.3 is 4.42 Å². The Kier molecular flexibility index (Phi) is 3.78. The number of pyridine rings is 2. The molecule has 47 heavy (non-hydrogen) atoms. The highest BCUT2D eigenvalue weighted by atomic mass is 16.3. The molecule has 0 bridgehead atoms. The minimum atomic E-state index is -0.768. The molecule has 0 saturated carbocycles. The lowest BCUT2D eigenvalue weighted by Gasteiger charge is -2.14. The summed E-state index contributed by atoms with van der Waals surface area (Å²) in [5.74, 6) is -0.994. The van der Waals surface area contributed by atoms with E-state index < -0.39 is 119 Å². The number of rotatable bonds is 5. The summed E-state index contributed by atoms with van der Waals surface area (Å²) in [7, 11) is 0. The molecule has 3 nitrogen and oxygen atoms in total. The third-order valence-electron chi connectivity index (χ3n) is 8.01. The SMILES string of the molecule is [2H]c1c([2H])c([2H])c(-c2oc(-c3c([2H])c([2H])c([2H])c([2H])c3[2H])c(-c3ccc(-c4ccc5ccc6cccnc6c5n4)c4ccccc34)c2-c2c([2H])c([2H])c([2H])c([2H])c2[2H])c([2H])c1[2H]. The first-order valence-electron chi connectivity index (χ1n) is 22.1. The van der Waals surface area contributed by atoms with Crippen LogP contribution in [-0.2, 0) is 0 Å². The summed E-state index contributed by atoms with van der Waals surface area (Å²) in [6.45, 7) is 0. The van der Waals surface area contributed by atoms with Crippen LogP contribution in [0.25, 0.3) is 88.7 Å². The van der Waals surface area contributed by atoms with Gasteiger partial charge in [0.1, 0.15) is 11.5 Å². The van der Waals surface area contributed by atoms with E-state index in [1.54, 1.807) is 36.5 Å². The van der Waals surface area contributed by atoms with Crippen LogP contribution in [-0.4, -0.2) is 9.97 Å². The maximum atomic E-state index is 9.16. The molecule has 0 amide bonds. The molecule has 0 aliphatic rings. The van der Waals surface area contributed by atoms with Crippen molar-refractivity contribution in [1.29, 1.82) is 0 Å². The van der Waals surface area contributed by atoms with Gasteiger partial charge in [-0.2, -0.15) is 0 Å². The molecule has 0 unspecified atom stereocenters. The van der Waals surface area contributed by atoms with Gasteiger partial charge in [0.2, 0.25) is 0 Å². The highest BCUT2D eigenvalue weighted by Gasteiger charge is 2.26. The van der Waals surface area contributed by atoms with Gasteiger partial charge in [-0.05, 0) is 34.0 Å². The third-order valence-corrected chi connectivity index (χ3v) is 8.01. The molecule has 0 atom stereocenters.